The van der Waals surface area contributed by atoms with Crippen molar-refractivity contribution in [1.29, 1.82) is 0 Å². The van der Waals surface area contributed by atoms with Crippen LogP contribution in [0.2, 0.25) is 0 Å². The number of hydrogen-bond acceptors (Lipinski definition) is 3. The predicted molar refractivity (Wildman–Crippen MR) is 94.9 cm³/mol. The van der Waals surface area contributed by atoms with E-state index in [9.17, 15) is 14.0 Å². The normalized spacial score (nSPS) is 16.6. The van der Waals surface area contributed by atoms with Crippen LogP contribution in [0.4, 0.5) is 4.39 Å². The van der Waals surface area contributed by atoms with Gasteiger partial charge in [0, 0.05) is 32.0 Å². The molecular weight excluding hydrogens is 335 g/mol. The van der Waals surface area contributed by atoms with Crippen molar-refractivity contribution in [1.82, 2.24) is 10.2 Å². The zero-order valence-corrected chi connectivity index (χ0v) is 14.4. The summed E-state index contributed by atoms with van der Waals surface area (Å²) in [6.45, 7) is 1.52. The molecule has 1 saturated heterocycles. The third kappa shape index (κ3) is 5.05. The first kappa shape index (κ1) is 17.9. The molecule has 136 valence electrons. The Bertz CT molecular complexity index is 749. The van der Waals surface area contributed by atoms with Crippen LogP contribution < -0.4 is 10.1 Å². The molecule has 2 aromatic rings. The van der Waals surface area contributed by atoms with Gasteiger partial charge in [0.25, 0.3) is 5.91 Å². The van der Waals surface area contributed by atoms with Crippen molar-refractivity contribution < 1.29 is 18.7 Å². The molecule has 2 amide bonds. The molecule has 0 bridgehead atoms. The van der Waals surface area contributed by atoms with Crippen molar-refractivity contribution in [3.05, 3.63) is 66.0 Å². The average Bonchev–Trinajstić information content (AvgIpc) is 3.00. The van der Waals surface area contributed by atoms with Gasteiger partial charge in [0.1, 0.15) is 11.6 Å². The molecule has 1 atom stereocenters. The van der Waals surface area contributed by atoms with Crippen molar-refractivity contribution in [2.45, 2.75) is 13.0 Å². The Hall–Kier alpha value is -2.89. The van der Waals surface area contributed by atoms with Crippen LogP contribution >= 0.6 is 0 Å². The number of rotatable bonds is 7. The molecule has 5 nitrogen and oxygen atoms in total. The molecule has 6 heteroatoms. The Balaban J connectivity index is 1.40. The summed E-state index contributed by atoms with van der Waals surface area (Å²) in [5, 5.41) is 2.79. The van der Waals surface area contributed by atoms with Gasteiger partial charge in [0.05, 0.1) is 0 Å². The van der Waals surface area contributed by atoms with E-state index in [1.807, 2.05) is 35.2 Å². The summed E-state index contributed by atoms with van der Waals surface area (Å²) < 4.78 is 18.1. The Morgan fingerprint density at radius 3 is 2.62 bits per heavy atom. The van der Waals surface area contributed by atoms with Crippen LogP contribution in [-0.2, 0) is 16.1 Å². The van der Waals surface area contributed by atoms with Gasteiger partial charge in [0.2, 0.25) is 5.91 Å². The molecule has 1 heterocycles. The molecular formula is C20H21FN2O3. The van der Waals surface area contributed by atoms with E-state index < -0.39 is 0 Å². The second-order valence-electron chi connectivity index (χ2n) is 6.38. The molecule has 1 unspecified atom stereocenters. The van der Waals surface area contributed by atoms with E-state index in [1.165, 1.54) is 24.3 Å². The van der Waals surface area contributed by atoms with E-state index in [1.54, 1.807) is 0 Å². The number of amides is 2. The molecule has 0 saturated carbocycles. The molecule has 0 aromatic heterocycles. The minimum Gasteiger partial charge on any atom is -0.484 e. The highest BCUT2D eigenvalue weighted by molar-refractivity contribution is 5.79. The van der Waals surface area contributed by atoms with Crippen molar-refractivity contribution in [2.24, 2.45) is 5.92 Å². The number of likely N-dealkylation sites (tertiary alicyclic amines) is 1. The van der Waals surface area contributed by atoms with Crippen molar-refractivity contribution >= 4 is 11.8 Å². The first-order valence-corrected chi connectivity index (χ1v) is 8.57. The lowest BCUT2D eigenvalue weighted by Crippen LogP contribution is -2.34. The molecule has 26 heavy (non-hydrogen) atoms. The Morgan fingerprint density at radius 1 is 1.15 bits per heavy atom. The van der Waals surface area contributed by atoms with Gasteiger partial charge in [-0.1, -0.05) is 30.3 Å². The summed E-state index contributed by atoms with van der Waals surface area (Å²) in [6, 6.07) is 15.3. The number of carbonyl (C=O) groups excluding carboxylic acids is 2. The maximum Gasteiger partial charge on any atom is 0.257 e. The fourth-order valence-electron chi connectivity index (χ4n) is 2.94. The molecule has 1 aliphatic rings. The summed E-state index contributed by atoms with van der Waals surface area (Å²) in [6.07, 6.45) is 0.436. The van der Waals surface area contributed by atoms with Crippen LogP contribution in [0.15, 0.2) is 54.6 Å². The summed E-state index contributed by atoms with van der Waals surface area (Å²) >= 11 is 0. The Labute approximate surface area is 151 Å². The number of halogens is 1. The van der Waals surface area contributed by atoms with Gasteiger partial charge >= 0.3 is 0 Å². The molecule has 1 N–H and O–H groups in total. The number of nitrogens with one attached hydrogen (secondary N) is 1. The van der Waals surface area contributed by atoms with Gasteiger partial charge in [-0.25, -0.2) is 4.39 Å². The average molecular weight is 356 g/mol. The van der Waals surface area contributed by atoms with Crippen LogP contribution in [0.3, 0.4) is 0 Å². The van der Waals surface area contributed by atoms with Gasteiger partial charge in [-0.15, -0.1) is 0 Å². The maximum absolute atomic E-state index is 12.8. The SMILES string of the molecule is O=C(COc1ccc(F)cc1)NCC1CC(=O)N(Cc2ccccc2)C1. The number of hydrogen-bond donors (Lipinski definition) is 1. The standard InChI is InChI=1S/C20H21FN2O3/c21-17-6-8-18(9-7-17)26-14-19(24)22-11-16-10-20(25)23(13-16)12-15-4-2-1-3-5-15/h1-9,16H,10-14H2,(H,22,24). The lowest BCUT2D eigenvalue weighted by molar-refractivity contribution is -0.128. The van der Waals surface area contributed by atoms with Gasteiger partial charge in [0.15, 0.2) is 6.61 Å². The van der Waals surface area contributed by atoms with E-state index in [-0.39, 0.29) is 30.2 Å². The van der Waals surface area contributed by atoms with Crippen LogP contribution in [-0.4, -0.2) is 36.4 Å². The minimum atomic E-state index is -0.354. The van der Waals surface area contributed by atoms with Crippen LogP contribution in [0.5, 0.6) is 5.75 Å². The van der Waals surface area contributed by atoms with Crippen LogP contribution in [0.1, 0.15) is 12.0 Å². The quantitative estimate of drug-likeness (QED) is 0.829. The molecule has 3 rings (SSSR count). The van der Waals surface area contributed by atoms with E-state index in [2.05, 4.69) is 5.32 Å². The van der Waals surface area contributed by atoms with E-state index >= 15 is 0 Å². The summed E-state index contributed by atoms with van der Waals surface area (Å²) in [7, 11) is 0. The highest BCUT2D eigenvalue weighted by atomic mass is 19.1. The van der Waals surface area contributed by atoms with Gasteiger partial charge in [-0.2, -0.15) is 0 Å². The first-order valence-electron chi connectivity index (χ1n) is 8.57. The fourth-order valence-corrected chi connectivity index (χ4v) is 2.94. The van der Waals surface area contributed by atoms with Gasteiger partial charge in [-0.05, 0) is 29.8 Å². The zero-order valence-electron chi connectivity index (χ0n) is 14.4. The van der Waals surface area contributed by atoms with Crippen LogP contribution in [0, 0.1) is 11.7 Å². The minimum absolute atomic E-state index is 0.0981. The number of nitrogens with zero attached hydrogens (tertiary/aromatic N) is 1. The molecule has 0 aliphatic carbocycles. The van der Waals surface area contributed by atoms with Crippen molar-refractivity contribution in [3.8, 4) is 5.75 Å². The molecule has 0 spiro atoms. The lowest BCUT2D eigenvalue weighted by Gasteiger charge is -2.17. The lowest BCUT2D eigenvalue weighted by atomic mass is 10.1. The number of benzene rings is 2. The topological polar surface area (TPSA) is 58.6 Å². The fraction of sp³-hybridized carbons (Fsp3) is 0.300. The second-order valence-corrected chi connectivity index (χ2v) is 6.38. The van der Waals surface area contributed by atoms with Crippen LogP contribution in [0.25, 0.3) is 0 Å². The number of carbonyl (C=O) groups is 2. The Morgan fingerprint density at radius 2 is 1.88 bits per heavy atom. The highest BCUT2D eigenvalue weighted by Crippen LogP contribution is 2.19. The summed E-state index contributed by atoms with van der Waals surface area (Å²) in [4.78, 5) is 25.8. The largest absolute Gasteiger partial charge is 0.484 e. The summed E-state index contributed by atoms with van der Waals surface area (Å²) in [5.41, 5.74) is 1.10. The predicted octanol–water partition coefficient (Wildman–Crippen LogP) is 2.37. The molecule has 1 aliphatic heterocycles. The van der Waals surface area contributed by atoms with Gasteiger partial charge in [-0.3, -0.25) is 9.59 Å². The van der Waals surface area contributed by atoms with Crippen molar-refractivity contribution in [2.75, 3.05) is 19.7 Å². The monoisotopic (exact) mass is 356 g/mol. The smallest absolute Gasteiger partial charge is 0.257 e. The van der Waals surface area contributed by atoms with E-state index in [4.69, 9.17) is 4.74 Å². The van der Waals surface area contributed by atoms with Crippen molar-refractivity contribution in [3.63, 3.8) is 0 Å². The highest BCUT2D eigenvalue weighted by Gasteiger charge is 2.29. The third-order valence-electron chi connectivity index (χ3n) is 4.28. The van der Waals surface area contributed by atoms with E-state index in [0.717, 1.165) is 5.56 Å². The first-order chi connectivity index (χ1) is 12.6. The number of ether oxygens (including phenoxy) is 1. The van der Waals surface area contributed by atoms with E-state index in [0.29, 0.717) is 31.8 Å². The maximum atomic E-state index is 12.8. The van der Waals surface area contributed by atoms with Gasteiger partial charge < -0.3 is 15.0 Å². The summed E-state index contributed by atoms with van der Waals surface area (Å²) in [5.74, 6) is 0.0271. The molecule has 1 fully saturated rings. The third-order valence-corrected chi connectivity index (χ3v) is 4.28. The zero-order chi connectivity index (χ0) is 18.4. The molecule has 0 radical (unpaired) electrons. The Kier molecular flexibility index (Phi) is 5.84. The second kappa shape index (κ2) is 8.47. The molecule has 2 aromatic carbocycles.